The van der Waals surface area contributed by atoms with Gasteiger partial charge in [0, 0.05) is 38.0 Å². The molecule has 1 heterocycles. The van der Waals surface area contributed by atoms with Crippen LogP contribution in [0.4, 0.5) is 0 Å². The molecule has 1 saturated heterocycles. The third-order valence-corrected chi connectivity index (χ3v) is 5.55. The molecule has 6 heteroatoms. The van der Waals surface area contributed by atoms with Crippen LogP contribution in [0.15, 0.2) is 24.3 Å². The maximum Gasteiger partial charge on any atom is 0.305 e. The number of nitrogens with zero attached hydrogens (tertiary/aromatic N) is 2. The summed E-state index contributed by atoms with van der Waals surface area (Å²) in [4.78, 5) is 27.6. The van der Waals surface area contributed by atoms with Crippen molar-refractivity contribution >= 4 is 23.5 Å². The highest BCUT2D eigenvalue weighted by Gasteiger charge is 2.22. The second-order valence-electron chi connectivity index (χ2n) is 7.37. The summed E-state index contributed by atoms with van der Waals surface area (Å²) in [5.74, 6) is 0.423. The zero-order valence-corrected chi connectivity index (χ0v) is 17.2. The summed E-state index contributed by atoms with van der Waals surface area (Å²) in [6, 6.07) is 8.08. The topological polar surface area (TPSA) is 49.9 Å². The maximum absolute atomic E-state index is 12.2. The molecule has 0 radical (unpaired) electrons. The lowest BCUT2D eigenvalue weighted by atomic mass is 9.96. The largest absolute Gasteiger partial charge is 0.469 e. The van der Waals surface area contributed by atoms with E-state index >= 15 is 0 Å². The van der Waals surface area contributed by atoms with Crippen molar-refractivity contribution in [3.63, 3.8) is 0 Å². The molecular formula is C21H31ClN2O3. The summed E-state index contributed by atoms with van der Waals surface area (Å²) in [5.41, 5.74) is 1.32. The van der Waals surface area contributed by atoms with E-state index in [4.69, 9.17) is 11.6 Å². The molecule has 0 aromatic heterocycles. The van der Waals surface area contributed by atoms with Crippen LogP contribution in [0.3, 0.4) is 0 Å². The van der Waals surface area contributed by atoms with Gasteiger partial charge in [-0.25, -0.2) is 0 Å². The van der Waals surface area contributed by atoms with Gasteiger partial charge >= 0.3 is 5.97 Å². The Morgan fingerprint density at radius 2 is 1.85 bits per heavy atom. The number of hydrogen-bond acceptors (Lipinski definition) is 4. The number of methoxy groups -OCH3 is 1. The van der Waals surface area contributed by atoms with Gasteiger partial charge in [0.2, 0.25) is 5.91 Å². The lowest BCUT2D eigenvalue weighted by Gasteiger charge is -2.34. The molecule has 27 heavy (non-hydrogen) atoms. The Bertz CT molecular complexity index is 598. The van der Waals surface area contributed by atoms with E-state index in [0.717, 1.165) is 50.5 Å². The molecular weight excluding hydrogens is 364 g/mol. The molecule has 0 aliphatic carbocycles. The van der Waals surface area contributed by atoms with Crippen LogP contribution >= 0.6 is 11.6 Å². The molecule has 0 N–H and O–H groups in total. The van der Waals surface area contributed by atoms with Gasteiger partial charge in [-0.1, -0.05) is 23.7 Å². The zero-order valence-electron chi connectivity index (χ0n) is 16.5. The van der Waals surface area contributed by atoms with Gasteiger partial charge in [0.1, 0.15) is 0 Å². The van der Waals surface area contributed by atoms with Crippen LogP contribution in [-0.4, -0.2) is 62.0 Å². The minimum Gasteiger partial charge on any atom is -0.469 e. The predicted molar refractivity (Wildman–Crippen MR) is 108 cm³/mol. The molecule has 1 aliphatic rings. The van der Waals surface area contributed by atoms with E-state index in [1.54, 1.807) is 0 Å². The van der Waals surface area contributed by atoms with Crippen LogP contribution in [0, 0.1) is 5.92 Å². The van der Waals surface area contributed by atoms with Crippen LogP contribution < -0.4 is 0 Å². The van der Waals surface area contributed by atoms with Gasteiger partial charge in [0.15, 0.2) is 0 Å². The van der Waals surface area contributed by atoms with E-state index in [0.29, 0.717) is 25.2 Å². The van der Waals surface area contributed by atoms with Crippen molar-refractivity contribution in [3.05, 3.63) is 34.9 Å². The van der Waals surface area contributed by atoms with E-state index in [-0.39, 0.29) is 11.9 Å². The van der Waals surface area contributed by atoms with Crippen molar-refractivity contribution in [1.29, 1.82) is 0 Å². The fourth-order valence-corrected chi connectivity index (χ4v) is 3.62. The maximum atomic E-state index is 12.2. The molecule has 0 saturated carbocycles. The first-order valence-electron chi connectivity index (χ1n) is 9.75. The fourth-order valence-electron chi connectivity index (χ4n) is 3.50. The summed E-state index contributed by atoms with van der Waals surface area (Å²) >= 11 is 5.93. The number of halogens is 1. The molecule has 0 atom stereocenters. The molecule has 0 spiro atoms. The first-order chi connectivity index (χ1) is 13.0. The predicted octanol–water partition coefficient (Wildman–Crippen LogP) is 3.40. The number of esters is 1. The van der Waals surface area contributed by atoms with Crippen molar-refractivity contribution in [2.24, 2.45) is 5.92 Å². The Hall–Kier alpha value is -1.59. The number of benzene rings is 1. The normalized spacial score (nSPS) is 15.5. The van der Waals surface area contributed by atoms with Gasteiger partial charge in [-0.3, -0.25) is 9.59 Å². The first kappa shape index (κ1) is 21.7. The highest BCUT2D eigenvalue weighted by molar-refractivity contribution is 6.30. The lowest BCUT2D eigenvalue weighted by molar-refractivity contribution is -0.140. The van der Waals surface area contributed by atoms with E-state index < -0.39 is 0 Å². The second kappa shape index (κ2) is 11.3. The lowest BCUT2D eigenvalue weighted by Crippen LogP contribution is -2.40. The number of ether oxygens (including phenoxy) is 1. The average molecular weight is 395 g/mol. The molecule has 0 unspecified atom stereocenters. The van der Waals surface area contributed by atoms with E-state index in [2.05, 4.69) is 21.8 Å². The van der Waals surface area contributed by atoms with Crippen LogP contribution in [0.1, 0.15) is 37.7 Å². The van der Waals surface area contributed by atoms with Crippen molar-refractivity contribution < 1.29 is 14.3 Å². The summed E-state index contributed by atoms with van der Waals surface area (Å²) < 4.78 is 4.60. The molecule has 1 amide bonds. The molecule has 1 aromatic rings. The third-order valence-electron chi connectivity index (χ3n) is 5.29. The van der Waals surface area contributed by atoms with Gasteiger partial charge in [0.25, 0.3) is 0 Å². The van der Waals surface area contributed by atoms with E-state index in [1.807, 2.05) is 24.1 Å². The molecule has 2 rings (SSSR count). The minimum atomic E-state index is -0.253. The fraction of sp³-hybridized carbons (Fsp3) is 0.619. The van der Waals surface area contributed by atoms with Crippen molar-refractivity contribution in [3.8, 4) is 0 Å². The van der Waals surface area contributed by atoms with Crippen molar-refractivity contribution in [2.45, 2.75) is 38.5 Å². The quantitative estimate of drug-likeness (QED) is 0.602. The molecule has 1 aromatic carbocycles. The molecule has 150 valence electrons. The summed E-state index contributed by atoms with van der Waals surface area (Å²) in [5, 5.41) is 0.781. The van der Waals surface area contributed by atoms with Gasteiger partial charge in [-0.05, 0) is 62.4 Å². The van der Waals surface area contributed by atoms with Crippen LogP contribution in [0.5, 0.6) is 0 Å². The highest BCUT2D eigenvalue weighted by Crippen LogP contribution is 2.19. The van der Waals surface area contributed by atoms with Crippen LogP contribution in [-0.2, 0) is 20.7 Å². The highest BCUT2D eigenvalue weighted by atomic mass is 35.5. The van der Waals surface area contributed by atoms with E-state index in [9.17, 15) is 9.59 Å². The van der Waals surface area contributed by atoms with E-state index in [1.165, 1.54) is 12.7 Å². The van der Waals surface area contributed by atoms with Crippen molar-refractivity contribution in [2.75, 3.05) is 40.3 Å². The number of carbonyl (C=O) groups excluding carboxylic acids is 2. The van der Waals surface area contributed by atoms with Crippen LogP contribution in [0.25, 0.3) is 0 Å². The summed E-state index contributed by atoms with van der Waals surface area (Å²) in [6.45, 7) is 4.05. The Balaban J connectivity index is 1.62. The monoisotopic (exact) mass is 394 g/mol. The molecule has 1 fully saturated rings. The summed E-state index contributed by atoms with van der Waals surface area (Å²) in [7, 11) is 3.24. The standard InChI is InChI=1S/C21H31ClN2O3/c1-23(20(25)4-3-5-21(26)27-2)16-18-11-14-24(15-12-18)13-10-17-6-8-19(22)9-7-17/h6-9,18H,3-5,10-16H2,1-2H3. The number of carbonyl (C=O) groups is 2. The smallest absolute Gasteiger partial charge is 0.305 e. The number of likely N-dealkylation sites (tertiary alicyclic amines) is 1. The Morgan fingerprint density at radius 1 is 1.19 bits per heavy atom. The van der Waals surface area contributed by atoms with Gasteiger partial charge in [-0.15, -0.1) is 0 Å². The number of piperidine rings is 1. The van der Waals surface area contributed by atoms with Gasteiger partial charge in [0.05, 0.1) is 7.11 Å². The van der Waals surface area contributed by atoms with Gasteiger partial charge in [-0.2, -0.15) is 0 Å². The number of rotatable bonds is 9. The molecule has 1 aliphatic heterocycles. The molecule has 5 nitrogen and oxygen atoms in total. The SMILES string of the molecule is COC(=O)CCCC(=O)N(C)CC1CCN(CCc2ccc(Cl)cc2)CC1. The zero-order chi connectivity index (χ0) is 19.6. The Kier molecular flexibility index (Phi) is 9.08. The number of amides is 1. The first-order valence-corrected chi connectivity index (χ1v) is 10.1. The van der Waals surface area contributed by atoms with Crippen molar-refractivity contribution in [1.82, 2.24) is 9.80 Å². The summed E-state index contributed by atoms with van der Waals surface area (Å²) in [6.07, 6.45) is 4.56. The number of hydrogen-bond donors (Lipinski definition) is 0. The van der Waals surface area contributed by atoms with Crippen LogP contribution in [0.2, 0.25) is 5.02 Å². The minimum absolute atomic E-state index is 0.115. The Morgan fingerprint density at radius 3 is 2.48 bits per heavy atom. The van der Waals surface area contributed by atoms with Gasteiger partial charge < -0.3 is 14.5 Å². The second-order valence-corrected chi connectivity index (χ2v) is 7.80. The molecule has 0 bridgehead atoms. The average Bonchev–Trinajstić information content (AvgIpc) is 2.68. The third kappa shape index (κ3) is 7.89. The Labute approximate surface area is 167 Å².